The van der Waals surface area contributed by atoms with Crippen molar-refractivity contribution in [3.63, 3.8) is 0 Å². The maximum atomic E-state index is 11.4. The van der Waals surface area contributed by atoms with Crippen LogP contribution in [0.15, 0.2) is 6.07 Å². The zero-order chi connectivity index (χ0) is 12.7. The highest BCUT2D eigenvalue weighted by Gasteiger charge is 2.14. The van der Waals surface area contributed by atoms with E-state index in [4.69, 9.17) is 5.73 Å². The molecule has 0 radical (unpaired) electrons. The number of hydrogen-bond acceptors (Lipinski definition) is 5. The Hall–Kier alpha value is -0.680. The number of thioether (sulfide) groups is 1. The predicted molar refractivity (Wildman–Crippen MR) is 75.8 cm³/mol. The Morgan fingerprint density at radius 1 is 1.53 bits per heavy atom. The van der Waals surface area contributed by atoms with Crippen molar-refractivity contribution < 1.29 is 9.53 Å². The number of thiophene rings is 1. The van der Waals surface area contributed by atoms with Crippen LogP contribution in [0.25, 0.3) is 0 Å². The number of nitrogen functional groups attached to an aromatic ring is 1. The summed E-state index contributed by atoms with van der Waals surface area (Å²) in [5.74, 6) is 1.75. The first-order valence-corrected chi connectivity index (χ1v) is 7.70. The van der Waals surface area contributed by atoms with Crippen molar-refractivity contribution in [2.45, 2.75) is 31.9 Å². The van der Waals surface area contributed by atoms with Gasteiger partial charge in [-0.05, 0) is 18.2 Å². The SMILES string of the molecule is CCCCCSCc1cc(C(=O)OC)c(N)s1. The molecule has 1 aromatic rings. The topological polar surface area (TPSA) is 52.3 Å². The van der Waals surface area contributed by atoms with Gasteiger partial charge in [0.15, 0.2) is 0 Å². The van der Waals surface area contributed by atoms with Gasteiger partial charge in [0.2, 0.25) is 0 Å². The third kappa shape index (κ3) is 4.60. The van der Waals surface area contributed by atoms with Crippen LogP contribution in [-0.2, 0) is 10.5 Å². The van der Waals surface area contributed by atoms with E-state index in [2.05, 4.69) is 11.7 Å². The fourth-order valence-corrected chi connectivity index (χ4v) is 3.46. The van der Waals surface area contributed by atoms with Gasteiger partial charge < -0.3 is 10.5 Å². The number of rotatable bonds is 7. The van der Waals surface area contributed by atoms with Crippen molar-refractivity contribution in [3.8, 4) is 0 Å². The van der Waals surface area contributed by atoms with E-state index >= 15 is 0 Å². The number of unbranched alkanes of at least 4 members (excludes halogenated alkanes) is 2. The summed E-state index contributed by atoms with van der Waals surface area (Å²) in [7, 11) is 1.37. The van der Waals surface area contributed by atoms with E-state index in [0.29, 0.717) is 10.6 Å². The average molecular weight is 273 g/mol. The van der Waals surface area contributed by atoms with Crippen LogP contribution in [-0.4, -0.2) is 18.8 Å². The van der Waals surface area contributed by atoms with E-state index in [-0.39, 0.29) is 5.97 Å². The quantitative estimate of drug-likeness (QED) is 0.610. The van der Waals surface area contributed by atoms with Crippen molar-refractivity contribution in [3.05, 3.63) is 16.5 Å². The van der Waals surface area contributed by atoms with Gasteiger partial charge in [-0.2, -0.15) is 11.8 Å². The number of hydrogen-bond donors (Lipinski definition) is 1. The standard InChI is InChI=1S/C12H19NO2S2/c1-3-4-5-6-16-8-9-7-10(11(13)17-9)12(14)15-2/h7H,3-6,8,13H2,1-2H3. The molecule has 0 spiro atoms. The van der Waals surface area contributed by atoms with Crippen molar-refractivity contribution in [2.24, 2.45) is 0 Å². The minimum Gasteiger partial charge on any atom is -0.465 e. The summed E-state index contributed by atoms with van der Waals surface area (Å²) in [6.07, 6.45) is 3.79. The van der Waals surface area contributed by atoms with Crippen LogP contribution in [0.1, 0.15) is 41.4 Å². The van der Waals surface area contributed by atoms with E-state index in [1.54, 1.807) is 0 Å². The van der Waals surface area contributed by atoms with Gasteiger partial charge in [0.05, 0.1) is 12.7 Å². The van der Waals surface area contributed by atoms with E-state index in [1.807, 2.05) is 17.8 Å². The smallest absolute Gasteiger partial charge is 0.340 e. The number of nitrogens with two attached hydrogens (primary N) is 1. The Balaban J connectivity index is 2.42. The van der Waals surface area contributed by atoms with Crippen LogP contribution in [0.3, 0.4) is 0 Å². The Bertz CT molecular complexity index is 363. The van der Waals surface area contributed by atoms with Gasteiger partial charge in [-0.15, -0.1) is 11.3 Å². The molecule has 17 heavy (non-hydrogen) atoms. The summed E-state index contributed by atoms with van der Waals surface area (Å²) in [6.45, 7) is 2.20. The monoisotopic (exact) mass is 273 g/mol. The van der Waals surface area contributed by atoms with Gasteiger partial charge >= 0.3 is 5.97 Å². The highest BCUT2D eigenvalue weighted by molar-refractivity contribution is 7.98. The van der Waals surface area contributed by atoms with E-state index < -0.39 is 0 Å². The Labute approximate surface area is 111 Å². The van der Waals surface area contributed by atoms with Crippen molar-refractivity contribution in [1.29, 1.82) is 0 Å². The largest absolute Gasteiger partial charge is 0.465 e. The first-order valence-electron chi connectivity index (χ1n) is 5.73. The molecule has 0 unspecified atom stereocenters. The molecule has 0 aliphatic carbocycles. The predicted octanol–water partition coefficient (Wildman–Crippen LogP) is 3.54. The average Bonchev–Trinajstić information content (AvgIpc) is 2.69. The number of carbonyl (C=O) groups is 1. The minimum atomic E-state index is -0.346. The zero-order valence-electron chi connectivity index (χ0n) is 10.3. The molecule has 0 fully saturated rings. The summed E-state index contributed by atoms with van der Waals surface area (Å²) >= 11 is 3.37. The molecule has 96 valence electrons. The maximum Gasteiger partial charge on any atom is 0.340 e. The lowest BCUT2D eigenvalue weighted by Crippen LogP contribution is -2.01. The van der Waals surface area contributed by atoms with Crippen LogP contribution < -0.4 is 5.73 Å². The van der Waals surface area contributed by atoms with Gasteiger partial charge in [-0.3, -0.25) is 0 Å². The minimum absolute atomic E-state index is 0.346. The van der Waals surface area contributed by atoms with Crippen molar-refractivity contribution in [1.82, 2.24) is 0 Å². The second-order valence-corrected chi connectivity index (χ2v) is 6.02. The molecule has 3 nitrogen and oxygen atoms in total. The van der Waals surface area contributed by atoms with Crippen LogP contribution in [0, 0.1) is 0 Å². The molecule has 0 amide bonds. The zero-order valence-corrected chi connectivity index (χ0v) is 12.0. The third-order valence-electron chi connectivity index (χ3n) is 2.35. The van der Waals surface area contributed by atoms with Gasteiger partial charge in [0.1, 0.15) is 5.00 Å². The molecule has 5 heteroatoms. The van der Waals surface area contributed by atoms with Crippen molar-refractivity contribution in [2.75, 3.05) is 18.6 Å². The number of methoxy groups -OCH3 is 1. The van der Waals surface area contributed by atoms with Crippen molar-refractivity contribution >= 4 is 34.1 Å². The van der Waals surface area contributed by atoms with E-state index in [0.717, 1.165) is 10.6 Å². The molecule has 0 aliphatic rings. The lowest BCUT2D eigenvalue weighted by atomic mass is 10.3. The number of anilines is 1. The first-order chi connectivity index (χ1) is 8.19. The second kappa shape index (κ2) is 7.61. The molecule has 0 saturated heterocycles. The number of ether oxygens (including phenoxy) is 1. The molecular formula is C12H19NO2S2. The second-order valence-electron chi connectivity index (χ2n) is 3.74. The Morgan fingerprint density at radius 2 is 2.29 bits per heavy atom. The van der Waals surface area contributed by atoms with Gasteiger partial charge in [0.25, 0.3) is 0 Å². The van der Waals surface area contributed by atoms with Gasteiger partial charge in [-0.25, -0.2) is 4.79 Å². The molecule has 1 heterocycles. The Kier molecular flexibility index (Phi) is 6.44. The third-order valence-corrected chi connectivity index (χ3v) is 4.59. The number of carbonyl (C=O) groups excluding carboxylic acids is 1. The summed E-state index contributed by atoms with van der Waals surface area (Å²) in [5, 5.41) is 0.556. The highest BCUT2D eigenvalue weighted by Crippen LogP contribution is 2.28. The summed E-state index contributed by atoms with van der Waals surface area (Å²) in [4.78, 5) is 12.5. The first kappa shape index (κ1) is 14.4. The lowest BCUT2D eigenvalue weighted by Gasteiger charge is -1.98. The molecule has 0 saturated carbocycles. The maximum absolute atomic E-state index is 11.4. The summed E-state index contributed by atoms with van der Waals surface area (Å²) < 4.78 is 4.67. The molecule has 1 rings (SSSR count). The molecule has 0 atom stereocenters. The van der Waals surface area contributed by atoms with Crippen LogP contribution in [0.2, 0.25) is 0 Å². The number of esters is 1. The van der Waals surface area contributed by atoms with Gasteiger partial charge in [0, 0.05) is 10.6 Å². The highest BCUT2D eigenvalue weighted by atomic mass is 32.2. The fraction of sp³-hybridized carbons (Fsp3) is 0.583. The molecule has 1 aromatic heterocycles. The summed E-state index contributed by atoms with van der Waals surface area (Å²) in [5.41, 5.74) is 6.28. The van der Waals surface area contributed by atoms with Crippen LogP contribution in [0.4, 0.5) is 5.00 Å². The van der Waals surface area contributed by atoms with Gasteiger partial charge in [-0.1, -0.05) is 19.8 Å². The van der Waals surface area contributed by atoms with Crippen LogP contribution in [0.5, 0.6) is 0 Å². The Morgan fingerprint density at radius 3 is 2.94 bits per heavy atom. The van der Waals surface area contributed by atoms with Crippen LogP contribution >= 0.6 is 23.1 Å². The molecule has 2 N–H and O–H groups in total. The van der Waals surface area contributed by atoms with E-state index in [1.165, 1.54) is 43.5 Å². The lowest BCUT2D eigenvalue weighted by molar-refractivity contribution is 0.0602. The molecule has 0 aliphatic heterocycles. The molecule has 0 bridgehead atoms. The fourth-order valence-electron chi connectivity index (χ4n) is 1.43. The summed E-state index contributed by atoms with van der Waals surface area (Å²) in [6, 6.07) is 1.85. The molecular weight excluding hydrogens is 254 g/mol. The molecule has 0 aromatic carbocycles. The van der Waals surface area contributed by atoms with E-state index in [9.17, 15) is 4.79 Å². The normalized spacial score (nSPS) is 10.5.